The maximum Gasteiger partial charge on any atom is 0.248 e. The lowest BCUT2D eigenvalue weighted by molar-refractivity contribution is 0.174. The molecule has 0 aliphatic carbocycles. The summed E-state index contributed by atoms with van der Waals surface area (Å²) in [5, 5.41) is 15.0. The summed E-state index contributed by atoms with van der Waals surface area (Å²) in [6, 6.07) is 11.8. The second kappa shape index (κ2) is 5.30. The Balaban J connectivity index is 1.60. The molecule has 1 atom stereocenters. The largest absolute Gasteiger partial charge is 0.454 e. The predicted molar refractivity (Wildman–Crippen MR) is 86.5 cm³/mol. The minimum Gasteiger partial charge on any atom is -0.454 e. The first-order valence-electron chi connectivity index (χ1n) is 7.70. The maximum absolute atomic E-state index is 13.2. The van der Waals surface area contributed by atoms with Crippen LogP contribution in [0.4, 0.5) is 10.3 Å². The highest BCUT2D eigenvalue weighted by molar-refractivity contribution is 5.77. The van der Waals surface area contributed by atoms with E-state index in [0.717, 1.165) is 22.6 Å². The van der Waals surface area contributed by atoms with Crippen LogP contribution in [0.1, 0.15) is 17.2 Å². The van der Waals surface area contributed by atoms with Gasteiger partial charge in [0.25, 0.3) is 0 Å². The molecule has 2 aromatic carbocycles. The van der Waals surface area contributed by atoms with E-state index in [1.807, 2.05) is 24.3 Å². The number of fused-ring (bicyclic) bond motifs is 2. The smallest absolute Gasteiger partial charge is 0.248 e. The highest BCUT2D eigenvalue weighted by atomic mass is 19.1. The zero-order valence-electron chi connectivity index (χ0n) is 12.9. The van der Waals surface area contributed by atoms with Crippen molar-refractivity contribution in [3.05, 3.63) is 65.5 Å². The van der Waals surface area contributed by atoms with Gasteiger partial charge in [-0.1, -0.05) is 11.2 Å². The zero-order valence-corrected chi connectivity index (χ0v) is 12.9. The molecule has 0 bridgehead atoms. The molecule has 7 nitrogen and oxygen atoms in total. The summed E-state index contributed by atoms with van der Waals surface area (Å²) in [5.41, 5.74) is 2.62. The van der Waals surface area contributed by atoms with Gasteiger partial charge in [-0.25, -0.2) is 4.39 Å². The van der Waals surface area contributed by atoms with Crippen molar-refractivity contribution in [2.45, 2.75) is 6.04 Å². The number of nitrogens with zero attached hydrogens (tertiary/aromatic N) is 4. The highest BCUT2D eigenvalue weighted by Crippen LogP contribution is 2.38. The third-order valence-electron chi connectivity index (χ3n) is 4.22. The Kier molecular flexibility index (Phi) is 2.96. The van der Waals surface area contributed by atoms with Gasteiger partial charge >= 0.3 is 0 Å². The van der Waals surface area contributed by atoms with Gasteiger partial charge in [0.15, 0.2) is 11.5 Å². The number of hydrogen-bond donors (Lipinski definition) is 1. The molecule has 0 unspecified atom stereocenters. The molecule has 2 aliphatic heterocycles. The predicted octanol–water partition coefficient (Wildman–Crippen LogP) is 2.60. The quantitative estimate of drug-likeness (QED) is 0.775. The Morgan fingerprint density at radius 2 is 1.92 bits per heavy atom. The van der Waals surface area contributed by atoms with Crippen molar-refractivity contribution < 1.29 is 13.9 Å². The standard InChI is InChI=1S/C17H12FN5O2/c18-12-4-1-10(2-5-12)13-8-14(23-17(19-13)20-21-22-23)11-3-6-15-16(7-11)25-9-24-15/h1-8,14H,9H2,(H,19,20,22)/t14-/m1/s1. The minimum absolute atomic E-state index is 0.220. The summed E-state index contributed by atoms with van der Waals surface area (Å²) in [4.78, 5) is 0. The van der Waals surface area contributed by atoms with Crippen molar-refractivity contribution in [2.24, 2.45) is 0 Å². The molecule has 0 fully saturated rings. The number of ether oxygens (including phenoxy) is 2. The molecule has 8 heteroatoms. The second-order valence-corrected chi connectivity index (χ2v) is 5.72. The van der Waals surface area contributed by atoms with Crippen LogP contribution >= 0.6 is 0 Å². The molecular formula is C17H12FN5O2. The van der Waals surface area contributed by atoms with Crippen LogP contribution in [0.15, 0.2) is 48.5 Å². The first-order valence-corrected chi connectivity index (χ1v) is 7.70. The molecule has 25 heavy (non-hydrogen) atoms. The third-order valence-corrected chi connectivity index (χ3v) is 4.22. The van der Waals surface area contributed by atoms with Crippen molar-refractivity contribution in [1.29, 1.82) is 0 Å². The van der Waals surface area contributed by atoms with E-state index in [1.54, 1.807) is 16.8 Å². The van der Waals surface area contributed by atoms with Crippen LogP contribution in [0.5, 0.6) is 11.5 Å². The summed E-state index contributed by atoms with van der Waals surface area (Å²) in [6.45, 7) is 0.220. The second-order valence-electron chi connectivity index (χ2n) is 5.72. The van der Waals surface area contributed by atoms with E-state index in [4.69, 9.17) is 9.47 Å². The Hall–Kier alpha value is -3.42. The lowest BCUT2D eigenvalue weighted by Crippen LogP contribution is -2.20. The Labute approximate surface area is 141 Å². The first kappa shape index (κ1) is 14.0. The minimum atomic E-state index is -0.280. The molecule has 124 valence electrons. The van der Waals surface area contributed by atoms with Crippen LogP contribution in [0.2, 0.25) is 0 Å². The van der Waals surface area contributed by atoms with E-state index in [1.165, 1.54) is 12.1 Å². The van der Waals surface area contributed by atoms with Gasteiger partial charge in [0, 0.05) is 5.70 Å². The molecular weight excluding hydrogens is 325 g/mol. The summed E-state index contributed by atoms with van der Waals surface area (Å²) in [5.74, 6) is 1.65. The monoisotopic (exact) mass is 337 g/mol. The number of benzene rings is 2. The third kappa shape index (κ3) is 2.30. The van der Waals surface area contributed by atoms with E-state index in [-0.39, 0.29) is 18.7 Å². The maximum atomic E-state index is 13.2. The van der Waals surface area contributed by atoms with Gasteiger partial charge in [-0.2, -0.15) is 4.68 Å². The number of hydrogen-bond acceptors (Lipinski definition) is 6. The number of allylic oxidation sites excluding steroid dienone is 1. The van der Waals surface area contributed by atoms with E-state index < -0.39 is 0 Å². The van der Waals surface area contributed by atoms with Crippen LogP contribution in [0.3, 0.4) is 0 Å². The molecule has 0 saturated heterocycles. The van der Waals surface area contributed by atoms with Gasteiger partial charge in [0.05, 0.1) is 0 Å². The SMILES string of the molecule is Fc1ccc(C2=C[C@H](c3ccc4c(c3)OCO4)n3nnnc3N2)cc1. The number of halogens is 1. The van der Waals surface area contributed by atoms with E-state index in [0.29, 0.717) is 11.7 Å². The lowest BCUT2D eigenvalue weighted by atomic mass is 10.0. The van der Waals surface area contributed by atoms with Gasteiger partial charge in [-0.3, -0.25) is 0 Å². The van der Waals surface area contributed by atoms with Gasteiger partial charge in [0.1, 0.15) is 11.9 Å². The van der Waals surface area contributed by atoms with E-state index in [9.17, 15) is 4.39 Å². The Morgan fingerprint density at radius 3 is 2.80 bits per heavy atom. The van der Waals surface area contributed by atoms with Crippen molar-refractivity contribution in [2.75, 3.05) is 12.1 Å². The molecule has 0 radical (unpaired) electrons. The van der Waals surface area contributed by atoms with Crippen molar-refractivity contribution in [3.63, 3.8) is 0 Å². The van der Waals surface area contributed by atoms with Crippen molar-refractivity contribution in [3.8, 4) is 11.5 Å². The number of nitrogens with one attached hydrogen (secondary N) is 1. The number of rotatable bonds is 2. The summed E-state index contributed by atoms with van der Waals surface area (Å²) in [6.07, 6.45) is 1.99. The molecule has 0 amide bonds. The van der Waals surface area contributed by atoms with Gasteiger partial charge in [-0.05, 0) is 64.0 Å². The van der Waals surface area contributed by atoms with Crippen LogP contribution in [0.25, 0.3) is 5.70 Å². The highest BCUT2D eigenvalue weighted by Gasteiger charge is 2.26. The molecule has 0 spiro atoms. The Morgan fingerprint density at radius 1 is 1.08 bits per heavy atom. The molecule has 2 aliphatic rings. The number of tetrazole rings is 1. The summed E-state index contributed by atoms with van der Waals surface area (Å²) >= 11 is 0. The van der Waals surface area contributed by atoms with Crippen molar-refractivity contribution >= 4 is 11.6 Å². The Bertz CT molecular complexity index is 983. The molecule has 1 N–H and O–H groups in total. The normalized spacial score (nSPS) is 17.6. The molecule has 3 aromatic rings. The van der Waals surface area contributed by atoms with Crippen LogP contribution in [-0.4, -0.2) is 27.0 Å². The fourth-order valence-electron chi connectivity index (χ4n) is 2.99. The van der Waals surface area contributed by atoms with Gasteiger partial charge < -0.3 is 14.8 Å². The van der Waals surface area contributed by atoms with Crippen LogP contribution < -0.4 is 14.8 Å². The molecule has 3 heterocycles. The number of anilines is 1. The average Bonchev–Trinajstić information content (AvgIpc) is 3.29. The van der Waals surface area contributed by atoms with Gasteiger partial charge in [0.2, 0.25) is 12.7 Å². The molecule has 0 saturated carbocycles. The molecule has 5 rings (SSSR count). The lowest BCUT2D eigenvalue weighted by Gasteiger charge is -2.23. The fourth-order valence-corrected chi connectivity index (χ4v) is 2.99. The molecule has 1 aromatic heterocycles. The number of aromatic nitrogens is 4. The van der Waals surface area contributed by atoms with Crippen LogP contribution in [0, 0.1) is 5.82 Å². The van der Waals surface area contributed by atoms with E-state index in [2.05, 4.69) is 20.8 Å². The summed E-state index contributed by atoms with van der Waals surface area (Å²) in [7, 11) is 0. The van der Waals surface area contributed by atoms with Gasteiger partial charge in [-0.15, -0.1) is 0 Å². The zero-order chi connectivity index (χ0) is 16.8. The van der Waals surface area contributed by atoms with E-state index >= 15 is 0 Å². The average molecular weight is 337 g/mol. The van der Waals surface area contributed by atoms with Crippen LogP contribution in [-0.2, 0) is 0 Å². The topological polar surface area (TPSA) is 74.1 Å². The first-order chi connectivity index (χ1) is 12.3. The fraction of sp³-hybridized carbons (Fsp3) is 0.118. The van der Waals surface area contributed by atoms with Crippen molar-refractivity contribution in [1.82, 2.24) is 20.2 Å². The summed E-state index contributed by atoms with van der Waals surface area (Å²) < 4.78 is 25.7.